The Morgan fingerprint density at radius 2 is 2.12 bits per heavy atom. The summed E-state index contributed by atoms with van der Waals surface area (Å²) in [6.45, 7) is 5.08. The molecule has 2 aromatic rings. The third kappa shape index (κ3) is 4.20. The number of ether oxygens (including phenoxy) is 1. The molecule has 1 unspecified atom stereocenters. The van der Waals surface area contributed by atoms with Crippen molar-refractivity contribution in [1.29, 1.82) is 0 Å². The first-order chi connectivity index (χ1) is 11.6. The number of morpholine rings is 1. The van der Waals surface area contributed by atoms with Crippen molar-refractivity contribution in [1.82, 2.24) is 14.6 Å². The minimum atomic E-state index is -3.49. The first kappa shape index (κ1) is 17.5. The molecular weight excluding hydrogens is 346 g/mol. The van der Waals surface area contributed by atoms with Crippen LogP contribution in [0.4, 0.5) is 0 Å². The van der Waals surface area contributed by atoms with Gasteiger partial charge in [0, 0.05) is 36.9 Å². The van der Waals surface area contributed by atoms with E-state index in [1.54, 1.807) is 18.5 Å². The summed E-state index contributed by atoms with van der Waals surface area (Å²) in [5.74, 6) is 0. The maximum Gasteiger partial charge on any atom is 0.250 e. The summed E-state index contributed by atoms with van der Waals surface area (Å²) in [4.78, 5) is 7.39. The minimum Gasteiger partial charge on any atom is -0.379 e. The molecule has 0 aromatic carbocycles. The van der Waals surface area contributed by atoms with Gasteiger partial charge in [0.25, 0.3) is 0 Å². The number of sulfonamides is 1. The summed E-state index contributed by atoms with van der Waals surface area (Å²) < 4.78 is 33.5. The van der Waals surface area contributed by atoms with Crippen LogP contribution in [0.15, 0.2) is 40.9 Å². The first-order valence-corrected chi connectivity index (χ1v) is 10.1. The van der Waals surface area contributed by atoms with E-state index in [1.165, 1.54) is 11.3 Å². The quantitative estimate of drug-likeness (QED) is 0.843. The minimum absolute atomic E-state index is 0.0570. The van der Waals surface area contributed by atoms with Gasteiger partial charge in [0.2, 0.25) is 10.0 Å². The summed E-state index contributed by atoms with van der Waals surface area (Å²) in [5, 5.41) is 0. The summed E-state index contributed by atoms with van der Waals surface area (Å²) in [7, 11) is -3.49. The Hall–Kier alpha value is -1.32. The Morgan fingerprint density at radius 3 is 2.75 bits per heavy atom. The number of nitrogens with zero attached hydrogens (tertiary/aromatic N) is 2. The Labute approximate surface area is 146 Å². The van der Waals surface area contributed by atoms with Crippen molar-refractivity contribution < 1.29 is 13.2 Å². The predicted molar refractivity (Wildman–Crippen MR) is 93.6 cm³/mol. The third-order valence-electron chi connectivity index (χ3n) is 4.00. The average molecular weight is 367 g/mol. The second-order valence-electron chi connectivity index (χ2n) is 5.67. The number of pyridine rings is 1. The van der Waals surface area contributed by atoms with Crippen LogP contribution in [0.25, 0.3) is 0 Å². The van der Waals surface area contributed by atoms with E-state index in [2.05, 4.69) is 14.6 Å². The second kappa shape index (κ2) is 7.71. The average Bonchev–Trinajstić information content (AvgIpc) is 3.04. The normalized spacial score (nSPS) is 17.7. The molecule has 0 radical (unpaired) electrons. The zero-order chi connectivity index (χ0) is 17.0. The largest absolute Gasteiger partial charge is 0.379 e. The number of rotatable bonds is 6. The molecule has 1 saturated heterocycles. The third-order valence-corrected chi connectivity index (χ3v) is 6.92. The lowest BCUT2D eigenvalue weighted by molar-refractivity contribution is 0.0171. The molecule has 1 fully saturated rings. The summed E-state index contributed by atoms with van der Waals surface area (Å²) >= 11 is 1.28. The topological polar surface area (TPSA) is 71.5 Å². The van der Waals surface area contributed by atoms with Crippen molar-refractivity contribution in [2.75, 3.05) is 32.8 Å². The lowest BCUT2D eigenvalue weighted by Gasteiger charge is -2.34. The van der Waals surface area contributed by atoms with Crippen LogP contribution >= 0.6 is 11.3 Å². The van der Waals surface area contributed by atoms with Crippen LogP contribution in [-0.4, -0.2) is 51.1 Å². The van der Waals surface area contributed by atoms with Crippen molar-refractivity contribution in [2.24, 2.45) is 0 Å². The Balaban J connectivity index is 1.76. The van der Waals surface area contributed by atoms with Crippen LogP contribution in [0.3, 0.4) is 0 Å². The Morgan fingerprint density at radius 1 is 1.33 bits per heavy atom. The summed E-state index contributed by atoms with van der Waals surface area (Å²) in [5.41, 5.74) is 1.00. The van der Waals surface area contributed by atoms with Crippen molar-refractivity contribution in [3.63, 3.8) is 0 Å². The van der Waals surface area contributed by atoms with Crippen LogP contribution in [0.2, 0.25) is 0 Å². The standard InChI is InChI=1S/C16H21N3O3S2/c1-13-4-5-16(23-13)24(20,21)18-12-15(14-3-2-6-17-11-14)19-7-9-22-10-8-19/h2-6,11,15,18H,7-10,12H2,1H3. The van der Waals surface area contributed by atoms with Crippen LogP contribution < -0.4 is 4.72 Å². The molecule has 1 aliphatic rings. The highest BCUT2D eigenvalue weighted by Crippen LogP contribution is 2.23. The Kier molecular flexibility index (Phi) is 5.62. The number of aryl methyl sites for hydroxylation is 1. The molecular formula is C16H21N3O3S2. The van der Waals surface area contributed by atoms with Crippen molar-refractivity contribution in [2.45, 2.75) is 17.2 Å². The van der Waals surface area contributed by atoms with Gasteiger partial charge in [-0.25, -0.2) is 13.1 Å². The molecule has 0 aliphatic carbocycles. The van der Waals surface area contributed by atoms with E-state index in [-0.39, 0.29) is 6.04 Å². The van der Waals surface area contributed by atoms with Crippen molar-refractivity contribution in [3.8, 4) is 0 Å². The molecule has 0 saturated carbocycles. The van der Waals surface area contributed by atoms with Crippen molar-refractivity contribution >= 4 is 21.4 Å². The Bertz CT molecular complexity index is 756. The van der Waals surface area contributed by atoms with Gasteiger partial charge in [-0.05, 0) is 30.7 Å². The van der Waals surface area contributed by atoms with E-state index in [9.17, 15) is 8.42 Å². The first-order valence-electron chi connectivity index (χ1n) is 7.84. The van der Waals surface area contributed by atoms with Gasteiger partial charge in [-0.15, -0.1) is 11.3 Å². The zero-order valence-electron chi connectivity index (χ0n) is 13.5. The highest BCUT2D eigenvalue weighted by molar-refractivity contribution is 7.91. The van der Waals surface area contributed by atoms with Crippen LogP contribution in [-0.2, 0) is 14.8 Å². The van der Waals surface area contributed by atoms with Gasteiger partial charge >= 0.3 is 0 Å². The maximum absolute atomic E-state index is 12.5. The molecule has 130 valence electrons. The summed E-state index contributed by atoms with van der Waals surface area (Å²) in [6.07, 6.45) is 3.52. The fourth-order valence-electron chi connectivity index (χ4n) is 2.74. The van der Waals surface area contributed by atoms with Gasteiger partial charge in [-0.2, -0.15) is 0 Å². The highest BCUT2D eigenvalue weighted by atomic mass is 32.2. The fourth-order valence-corrected chi connectivity index (χ4v) is 5.10. The molecule has 3 heterocycles. The van der Waals surface area contributed by atoms with Crippen molar-refractivity contribution in [3.05, 3.63) is 47.1 Å². The molecule has 1 atom stereocenters. The van der Waals surface area contributed by atoms with E-state index < -0.39 is 10.0 Å². The van der Waals surface area contributed by atoms with E-state index in [0.717, 1.165) is 23.5 Å². The van der Waals surface area contributed by atoms with Gasteiger partial charge in [0.1, 0.15) is 4.21 Å². The predicted octanol–water partition coefficient (Wildman–Crippen LogP) is 1.80. The molecule has 0 spiro atoms. The molecule has 24 heavy (non-hydrogen) atoms. The lowest BCUT2D eigenvalue weighted by Crippen LogP contribution is -2.43. The molecule has 1 aliphatic heterocycles. The number of hydrogen-bond donors (Lipinski definition) is 1. The number of nitrogens with one attached hydrogen (secondary N) is 1. The second-order valence-corrected chi connectivity index (χ2v) is 8.95. The van der Waals surface area contributed by atoms with Crippen LogP contribution in [0, 0.1) is 6.92 Å². The van der Waals surface area contributed by atoms with Crippen LogP contribution in [0.1, 0.15) is 16.5 Å². The SMILES string of the molecule is Cc1ccc(S(=O)(=O)NCC(c2cccnc2)N2CCOCC2)s1. The smallest absolute Gasteiger partial charge is 0.250 e. The van der Waals surface area contributed by atoms with E-state index >= 15 is 0 Å². The number of hydrogen-bond acceptors (Lipinski definition) is 6. The van der Waals surface area contributed by atoms with Crippen LogP contribution in [0.5, 0.6) is 0 Å². The molecule has 1 N–H and O–H groups in total. The fraction of sp³-hybridized carbons (Fsp3) is 0.438. The zero-order valence-corrected chi connectivity index (χ0v) is 15.1. The molecule has 6 nitrogen and oxygen atoms in total. The molecule has 0 amide bonds. The van der Waals surface area contributed by atoms with Gasteiger partial charge in [0.05, 0.1) is 19.3 Å². The maximum atomic E-state index is 12.5. The van der Waals surface area contributed by atoms with Gasteiger partial charge in [-0.1, -0.05) is 6.07 Å². The van der Waals surface area contributed by atoms with Gasteiger partial charge < -0.3 is 4.74 Å². The highest BCUT2D eigenvalue weighted by Gasteiger charge is 2.25. The number of aromatic nitrogens is 1. The molecule has 8 heteroatoms. The van der Waals surface area contributed by atoms with Gasteiger partial charge in [-0.3, -0.25) is 9.88 Å². The lowest BCUT2D eigenvalue weighted by atomic mass is 10.1. The van der Waals surface area contributed by atoms with E-state index in [4.69, 9.17) is 4.74 Å². The molecule has 0 bridgehead atoms. The van der Waals surface area contributed by atoms with E-state index in [0.29, 0.717) is 24.0 Å². The molecule has 2 aromatic heterocycles. The summed E-state index contributed by atoms with van der Waals surface area (Å²) in [6, 6.07) is 7.27. The number of thiophene rings is 1. The van der Waals surface area contributed by atoms with Gasteiger partial charge in [0.15, 0.2) is 0 Å². The van der Waals surface area contributed by atoms with E-state index in [1.807, 2.05) is 25.1 Å². The monoisotopic (exact) mass is 367 g/mol. The molecule has 3 rings (SSSR count).